The second-order valence-corrected chi connectivity index (χ2v) is 11.9. The van der Waals surface area contributed by atoms with Crippen molar-refractivity contribution in [2.75, 3.05) is 11.7 Å². The molecule has 1 aromatic heterocycles. The van der Waals surface area contributed by atoms with Gasteiger partial charge < -0.3 is 19.5 Å². The number of phenolic OH excluding ortho intramolecular Hbond substituents is 1. The normalized spacial score (nSPS) is 16.3. The number of ether oxygens (including phenoxy) is 2. The molecule has 0 saturated heterocycles. The highest BCUT2D eigenvalue weighted by molar-refractivity contribution is 6.03. The fourth-order valence-electron chi connectivity index (χ4n) is 6.42. The van der Waals surface area contributed by atoms with E-state index in [1.54, 1.807) is 47.6 Å². The molecule has 5 aromatic rings. The van der Waals surface area contributed by atoms with E-state index in [9.17, 15) is 14.7 Å². The van der Waals surface area contributed by atoms with Crippen LogP contribution in [0.5, 0.6) is 17.2 Å². The molecule has 0 bridgehead atoms. The average Bonchev–Trinajstić information content (AvgIpc) is 3.59. The molecule has 1 atom stereocenters. The Morgan fingerprint density at radius 3 is 2.52 bits per heavy atom. The van der Waals surface area contributed by atoms with Crippen LogP contribution in [-0.4, -0.2) is 44.8 Å². The second kappa shape index (κ2) is 11.8. The van der Waals surface area contributed by atoms with Gasteiger partial charge in [-0.05, 0) is 97.3 Å². The summed E-state index contributed by atoms with van der Waals surface area (Å²) in [5, 5.41) is 12.2. The topological polar surface area (TPSA) is 107 Å². The summed E-state index contributed by atoms with van der Waals surface area (Å²) in [7, 11) is 0. The highest BCUT2D eigenvalue weighted by Crippen LogP contribution is 2.39. The number of hydrogen-bond donors (Lipinski definition) is 2. The maximum atomic E-state index is 14.4. The summed E-state index contributed by atoms with van der Waals surface area (Å²) in [4.78, 5) is 36.6. The lowest BCUT2D eigenvalue weighted by Gasteiger charge is -2.36. The summed E-state index contributed by atoms with van der Waals surface area (Å²) < 4.78 is 11.4. The van der Waals surface area contributed by atoms with Gasteiger partial charge >= 0.3 is 6.03 Å². The number of rotatable bonds is 4. The van der Waals surface area contributed by atoms with E-state index in [1.807, 2.05) is 53.4 Å². The van der Waals surface area contributed by atoms with Gasteiger partial charge in [-0.15, -0.1) is 0 Å². The molecule has 0 aliphatic carbocycles. The lowest BCUT2D eigenvalue weighted by atomic mass is 9.93. The molecule has 10 nitrogen and oxygen atoms in total. The Kier molecular flexibility index (Phi) is 7.17. The first-order valence-electron chi connectivity index (χ1n) is 15.7. The molecular weight excluding hydrogens is 606 g/mol. The van der Waals surface area contributed by atoms with Crippen LogP contribution in [0, 0.1) is 0 Å². The molecule has 8 rings (SSSR count). The highest BCUT2D eigenvalue weighted by Gasteiger charge is 2.33. The second-order valence-electron chi connectivity index (χ2n) is 11.9. The fraction of sp³-hybridized carbons (Fsp3) is 0.132. The van der Waals surface area contributed by atoms with Gasteiger partial charge in [-0.3, -0.25) is 20.1 Å². The Balaban J connectivity index is 1.14. The number of aromatic nitrogens is 1. The molecule has 3 aliphatic rings. The number of pyridine rings is 1. The Labute approximate surface area is 276 Å². The number of hydrazine groups is 1. The van der Waals surface area contributed by atoms with E-state index in [-0.39, 0.29) is 24.5 Å². The molecule has 0 unspecified atom stereocenters. The first-order chi connectivity index (χ1) is 23.4. The smallest absolute Gasteiger partial charge is 0.351 e. The van der Waals surface area contributed by atoms with E-state index in [1.165, 1.54) is 22.7 Å². The summed E-state index contributed by atoms with van der Waals surface area (Å²) in [6.07, 6.45) is 7.67. The van der Waals surface area contributed by atoms with Gasteiger partial charge in [-0.1, -0.05) is 30.3 Å². The quantitative estimate of drug-likeness (QED) is 0.221. The van der Waals surface area contributed by atoms with Crippen molar-refractivity contribution in [1.82, 2.24) is 20.3 Å². The summed E-state index contributed by atoms with van der Waals surface area (Å²) in [5.41, 5.74) is 9.11. The number of benzene rings is 4. The number of aromatic hydroxyl groups is 1. The first-order valence-corrected chi connectivity index (χ1v) is 15.7. The third-order valence-electron chi connectivity index (χ3n) is 8.89. The zero-order chi connectivity index (χ0) is 32.8. The van der Waals surface area contributed by atoms with E-state index in [2.05, 4.69) is 29.5 Å². The van der Waals surface area contributed by atoms with Crippen molar-refractivity contribution in [3.8, 4) is 17.2 Å². The molecule has 4 heterocycles. The molecule has 2 N–H and O–H groups in total. The molecule has 0 spiro atoms. The highest BCUT2D eigenvalue weighted by atomic mass is 16.7. The first kappa shape index (κ1) is 29.1. The van der Waals surface area contributed by atoms with Crippen LogP contribution in [0.1, 0.15) is 34.0 Å². The lowest BCUT2D eigenvalue weighted by molar-refractivity contribution is 0.0657. The van der Waals surface area contributed by atoms with Crippen LogP contribution >= 0.6 is 0 Å². The number of hydrogen-bond acceptors (Lipinski definition) is 7. The zero-order valence-electron chi connectivity index (χ0n) is 26.0. The van der Waals surface area contributed by atoms with Gasteiger partial charge in [-0.25, -0.2) is 9.80 Å². The fourth-order valence-corrected chi connectivity index (χ4v) is 6.42. The van der Waals surface area contributed by atoms with Crippen LogP contribution < -0.4 is 19.8 Å². The number of nitrogens with one attached hydrogen (secondary N) is 1. The minimum absolute atomic E-state index is 0.0204. The lowest BCUT2D eigenvalue weighted by Crippen LogP contribution is -2.46. The van der Waals surface area contributed by atoms with Crippen LogP contribution in [-0.2, 0) is 13.0 Å². The van der Waals surface area contributed by atoms with Gasteiger partial charge in [0.25, 0.3) is 5.91 Å². The number of phenols is 1. The van der Waals surface area contributed by atoms with Crippen LogP contribution in [0.4, 0.5) is 16.2 Å². The number of amides is 3. The van der Waals surface area contributed by atoms with Crippen molar-refractivity contribution in [3.05, 3.63) is 138 Å². The minimum Gasteiger partial charge on any atom is -0.508 e. The molecule has 3 aliphatic heterocycles. The number of carbonyl (C=O) groups is 2. The van der Waals surface area contributed by atoms with Gasteiger partial charge in [0, 0.05) is 35.9 Å². The van der Waals surface area contributed by atoms with Crippen molar-refractivity contribution in [3.63, 3.8) is 0 Å². The summed E-state index contributed by atoms with van der Waals surface area (Å²) in [6.45, 7) is 2.60. The van der Waals surface area contributed by atoms with Crippen LogP contribution in [0.15, 0.2) is 116 Å². The van der Waals surface area contributed by atoms with Gasteiger partial charge in [0.15, 0.2) is 11.5 Å². The monoisotopic (exact) mass is 637 g/mol. The van der Waals surface area contributed by atoms with Gasteiger partial charge in [0.05, 0.1) is 28.2 Å². The van der Waals surface area contributed by atoms with E-state index >= 15 is 0 Å². The number of urea groups is 1. The third-order valence-corrected chi connectivity index (χ3v) is 8.89. The zero-order valence-corrected chi connectivity index (χ0v) is 26.0. The molecular formula is C38H31N5O5. The van der Waals surface area contributed by atoms with Crippen LogP contribution in [0.2, 0.25) is 0 Å². The molecule has 4 aromatic carbocycles. The third kappa shape index (κ3) is 5.23. The predicted octanol–water partition coefficient (Wildman–Crippen LogP) is 6.89. The van der Waals surface area contributed by atoms with Crippen LogP contribution in [0.3, 0.4) is 0 Å². The molecule has 238 valence electrons. The van der Waals surface area contributed by atoms with E-state index in [0.29, 0.717) is 46.2 Å². The number of allylic oxidation sites excluding steroid dienone is 2. The minimum atomic E-state index is -0.416. The van der Waals surface area contributed by atoms with Crippen molar-refractivity contribution >= 4 is 39.9 Å². The number of fused-ring (bicyclic) bond motifs is 3. The summed E-state index contributed by atoms with van der Waals surface area (Å²) >= 11 is 0. The Morgan fingerprint density at radius 2 is 1.69 bits per heavy atom. The molecule has 0 radical (unpaired) electrons. The number of anilines is 2. The predicted molar refractivity (Wildman–Crippen MR) is 182 cm³/mol. The maximum Gasteiger partial charge on any atom is 0.351 e. The number of carbonyl (C=O) groups excluding carboxylic acids is 2. The maximum absolute atomic E-state index is 14.4. The molecule has 48 heavy (non-hydrogen) atoms. The molecule has 0 saturated carbocycles. The van der Waals surface area contributed by atoms with Gasteiger partial charge in [-0.2, -0.15) is 0 Å². The Bertz CT molecular complexity index is 2140. The van der Waals surface area contributed by atoms with E-state index < -0.39 is 6.03 Å². The van der Waals surface area contributed by atoms with Crippen molar-refractivity contribution in [1.29, 1.82) is 0 Å². The summed E-state index contributed by atoms with van der Waals surface area (Å²) in [6, 6.07) is 27.1. The molecule has 0 fully saturated rings. The Hall–Kier alpha value is -6.29. The summed E-state index contributed by atoms with van der Waals surface area (Å²) in [5.74, 6) is 0.957. The standard InChI is InChI=1S/C38H31N5O5/c1-24-18-25-6-2-3-7-27(25)22-41(24)37(45)32-21-36-35(47-23-48-36)20-31(32)34-9-5-17-42(40-34)38(46)43(28-10-13-30(44)14-11-28)29-12-15-33-26(19-29)8-4-16-39-33/h2-17,19-21,24,40,44H,18,22-23H2,1H3/t24-/m1/s1. The van der Waals surface area contributed by atoms with Crippen molar-refractivity contribution < 1.29 is 24.2 Å². The van der Waals surface area contributed by atoms with Crippen molar-refractivity contribution in [2.45, 2.75) is 25.9 Å². The molecule has 10 heteroatoms. The van der Waals surface area contributed by atoms with E-state index in [4.69, 9.17) is 9.47 Å². The van der Waals surface area contributed by atoms with Gasteiger partial charge in [0.1, 0.15) is 5.75 Å². The van der Waals surface area contributed by atoms with Crippen LogP contribution in [0.25, 0.3) is 16.6 Å². The van der Waals surface area contributed by atoms with Crippen molar-refractivity contribution in [2.24, 2.45) is 0 Å². The molecule has 3 amide bonds. The van der Waals surface area contributed by atoms with E-state index in [0.717, 1.165) is 22.9 Å². The SMILES string of the molecule is C[C@@H]1Cc2ccccc2CN1C(=O)c1cc2c(cc1C1=CC=CN(C(=O)N(c3ccc(O)cc3)c3ccc4ncccc4c3)N1)OCO2. The number of nitrogens with zero attached hydrogens (tertiary/aromatic N) is 4. The average molecular weight is 638 g/mol. The van der Waals surface area contributed by atoms with Gasteiger partial charge in [0.2, 0.25) is 6.79 Å². The largest absolute Gasteiger partial charge is 0.508 e. The Morgan fingerprint density at radius 1 is 0.917 bits per heavy atom.